The lowest BCUT2D eigenvalue weighted by molar-refractivity contribution is 0.102. The maximum Gasteiger partial charge on any atom is 0.255 e. The van der Waals surface area contributed by atoms with Crippen molar-refractivity contribution in [1.82, 2.24) is 0 Å². The zero-order chi connectivity index (χ0) is 13.8. The van der Waals surface area contributed by atoms with Gasteiger partial charge in [0.15, 0.2) is 11.6 Å². The van der Waals surface area contributed by atoms with Crippen molar-refractivity contribution in [1.29, 1.82) is 0 Å². The van der Waals surface area contributed by atoms with Crippen LogP contribution in [0.25, 0.3) is 0 Å². The summed E-state index contributed by atoms with van der Waals surface area (Å²) in [6.45, 7) is 0. The topological polar surface area (TPSA) is 58.6 Å². The third-order valence-corrected chi connectivity index (χ3v) is 2.54. The summed E-state index contributed by atoms with van der Waals surface area (Å²) < 4.78 is 18.0. The second-order valence-electron chi connectivity index (χ2n) is 3.85. The maximum atomic E-state index is 13.2. The Morgan fingerprint density at radius 2 is 1.89 bits per heavy atom. The van der Waals surface area contributed by atoms with Crippen molar-refractivity contribution in [2.75, 3.05) is 12.4 Å². The lowest BCUT2D eigenvalue weighted by Crippen LogP contribution is -2.11. The molecular weight excluding hydrogens is 249 g/mol. The lowest BCUT2D eigenvalue weighted by Gasteiger charge is -2.08. The number of nitrogens with one attached hydrogen (secondary N) is 1. The molecule has 19 heavy (non-hydrogen) atoms. The van der Waals surface area contributed by atoms with Gasteiger partial charge < -0.3 is 15.2 Å². The van der Waals surface area contributed by atoms with Crippen LogP contribution in [0.15, 0.2) is 42.5 Å². The van der Waals surface area contributed by atoms with E-state index in [2.05, 4.69) is 5.32 Å². The molecule has 98 valence electrons. The highest BCUT2D eigenvalue weighted by atomic mass is 19.1. The highest BCUT2D eigenvalue weighted by molar-refractivity contribution is 6.04. The van der Waals surface area contributed by atoms with Crippen LogP contribution in [0.1, 0.15) is 10.4 Å². The fourth-order valence-electron chi connectivity index (χ4n) is 1.55. The van der Waals surface area contributed by atoms with E-state index >= 15 is 0 Å². The Morgan fingerprint density at radius 3 is 2.53 bits per heavy atom. The number of phenols is 1. The minimum atomic E-state index is -0.495. The molecule has 1 amide bonds. The largest absolute Gasteiger partial charge is 0.508 e. The number of halogens is 1. The fraction of sp³-hybridized carbons (Fsp3) is 0.0714. The van der Waals surface area contributed by atoms with Gasteiger partial charge in [-0.1, -0.05) is 0 Å². The molecule has 0 aromatic heterocycles. The summed E-state index contributed by atoms with van der Waals surface area (Å²) >= 11 is 0. The van der Waals surface area contributed by atoms with Crippen molar-refractivity contribution < 1.29 is 19.0 Å². The van der Waals surface area contributed by atoms with Crippen LogP contribution in [-0.2, 0) is 0 Å². The Labute approximate surface area is 109 Å². The van der Waals surface area contributed by atoms with Crippen molar-refractivity contribution >= 4 is 11.6 Å². The van der Waals surface area contributed by atoms with Crippen LogP contribution in [0.2, 0.25) is 0 Å². The molecule has 0 heterocycles. The van der Waals surface area contributed by atoms with Crippen molar-refractivity contribution in [3.05, 3.63) is 53.8 Å². The maximum absolute atomic E-state index is 13.2. The van der Waals surface area contributed by atoms with Crippen molar-refractivity contribution in [3.8, 4) is 11.5 Å². The monoisotopic (exact) mass is 261 g/mol. The minimum Gasteiger partial charge on any atom is -0.508 e. The molecular formula is C14H12FNO3. The third kappa shape index (κ3) is 3.01. The van der Waals surface area contributed by atoms with Gasteiger partial charge in [-0.05, 0) is 36.4 Å². The van der Waals surface area contributed by atoms with Gasteiger partial charge in [0.05, 0.1) is 7.11 Å². The van der Waals surface area contributed by atoms with Crippen LogP contribution in [-0.4, -0.2) is 18.1 Å². The Hall–Kier alpha value is -2.56. The molecule has 0 spiro atoms. The smallest absolute Gasteiger partial charge is 0.255 e. The summed E-state index contributed by atoms with van der Waals surface area (Å²) in [6, 6.07) is 9.87. The number of amides is 1. The second kappa shape index (κ2) is 5.39. The van der Waals surface area contributed by atoms with E-state index in [4.69, 9.17) is 9.84 Å². The molecule has 0 bridgehead atoms. The molecule has 2 N–H and O–H groups in total. The van der Waals surface area contributed by atoms with Gasteiger partial charge in [0.25, 0.3) is 5.91 Å². The fourth-order valence-corrected chi connectivity index (χ4v) is 1.55. The first-order chi connectivity index (χ1) is 9.10. The van der Waals surface area contributed by atoms with E-state index in [1.54, 1.807) is 0 Å². The average Bonchev–Trinajstić information content (AvgIpc) is 2.41. The summed E-state index contributed by atoms with van der Waals surface area (Å²) in [5.74, 6) is -0.706. The van der Waals surface area contributed by atoms with Crippen LogP contribution in [0.5, 0.6) is 11.5 Å². The number of anilines is 1. The van der Waals surface area contributed by atoms with Gasteiger partial charge in [0, 0.05) is 17.3 Å². The summed E-state index contributed by atoms with van der Waals surface area (Å²) in [4.78, 5) is 11.9. The molecule has 2 rings (SSSR count). The summed E-state index contributed by atoms with van der Waals surface area (Å²) in [5, 5.41) is 11.7. The molecule has 0 aliphatic carbocycles. The van der Waals surface area contributed by atoms with E-state index in [1.807, 2.05) is 0 Å². The SMILES string of the molecule is COc1cc(NC(=O)c2ccc(O)cc2)ccc1F. The van der Waals surface area contributed by atoms with Crippen LogP contribution in [0.4, 0.5) is 10.1 Å². The molecule has 0 aliphatic rings. The Morgan fingerprint density at radius 1 is 1.21 bits per heavy atom. The molecule has 4 nitrogen and oxygen atoms in total. The van der Waals surface area contributed by atoms with Gasteiger partial charge in [-0.2, -0.15) is 0 Å². The molecule has 2 aromatic carbocycles. The number of carbonyl (C=O) groups excluding carboxylic acids is 1. The number of phenolic OH excluding ortho intramolecular Hbond substituents is 1. The van der Waals surface area contributed by atoms with E-state index in [1.165, 1.54) is 49.6 Å². The third-order valence-electron chi connectivity index (χ3n) is 2.54. The highest BCUT2D eigenvalue weighted by Crippen LogP contribution is 2.22. The van der Waals surface area contributed by atoms with E-state index in [-0.39, 0.29) is 17.4 Å². The van der Waals surface area contributed by atoms with Gasteiger partial charge in [0.1, 0.15) is 5.75 Å². The number of benzene rings is 2. The zero-order valence-corrected chi connectivity index (χ0v) is 10.2. The van der Waals surface area contributed by atoms with Crippen LogP contribution < -0.4 is 10.1 Å². The van der Waals surface area contributed by atoms with Gasteiger partial charge in [-0.3, -0.25) is 4.79 Å². The Bertz CT molecular complexity index is 596. The Kier molecular flexibility index (Phi) is 3.66. The number of methoxy groups -OCH3 is 1. The predicted molar refractivity (Wildman–Crippen MR) is 69.0 cm³/mol. The minimum absolute atomic E-state index is 0.0588. The summed E-state index contributed by atoms with van der Waals surface area (Å²) in [5.41, 5.74) is 0.817. The molecule has 5 heteroatoms. The van der Waals surface area contributed by atoms with E-state index in [0.29, 0.717) is 11.3 Å². The number of carbonyl (C=O) groups is 1. The van der Waals surface area contributed by atoms with E-state index < -0.39 is 5.82 Å². The van der Waals surface area contributed by atoms with Gasteiger partial charge >= 0.3 is 0 Å². The van der Waals surface area contributed by atoms with E-state index in [9.17, 15) is 9.18 Å². The molecule has 0 saturated carbocycles. The lowest BCUT2D eigenvalue weighted by atomic mass is 10.2. The van der Waals surface area contributed by atoms with Crippen molar-refractivity contribution in [2.24, 2.45) is 0 Å². The number of ether oxygens (including phenoxy) is 1. The quantitative estimate of drug-likeness (QED) is 0.893. The number of aromatic hydroxyl groups is 1. The Balaban J connectivity index is 2.17. The number of rotatable bonds is 3. The van der Waals surface area contributed by atoms with Gasteiger partial charge in [-0.25, -0.2) is 4.39 Å². The van der Waals surface area contributed by atoms with Gasteiger partial charge in [0.2, 0.25) is 0 Å². The van der Waals surface area contributed by atoms with Crippen LogP contribution in [0.3, 0.4) is 0 Å². The zero-order valence-electron chi connectivity index (χ0n) is 10.2. The highest BCUT2D eigenvalue weighted by Gasteiger charge is 2.08. The summed E-state index contributed by atoms with van der Waals surface area (Å²) in [6.07, 6.45) is 0. The standard InChI is InChI=1S/C14H12FNO3/c1-19-13-8-10(4-7-12(13)15)16-14(18)9-2-5-11(17)6-3-9/h2-8,17H,1H3,(H,16,18). The predicted octanol–water partition coefficient (Wildman–Crippen LogP) is 2.79. The van der Waals surface area contributed by atoms with E-state index in [0.717, 1.165) is 0 Å². The molecule has 0 saturated heterocycles. The molecule has 0 fully saturated rings. The molecule has 0 aliphatic heterocycles. The first-order valence-corrected chi connectivity index (χ1v) is 5.54. The second-order valence-corrected chi connectivity index (χ2v) is 3.85. The first kappa shape index (κ1) is 12.9. The molecule has 2 aromatic rings. The molecule has 0 radical (unpaired) electrons. The molecule has 0 unspecified atom stereocenters. The van der Waals surface area contributed by atoms with Crippen molar-refractivity contribution in [3.63, 3.8) is 0 Å². The number of hydrogen-bond donors (Lipinski definition) is 2. The van der Waals surface area contributed by atoms with Crippen LogP contribution in [0, 0.1) is 5.82 Å². The molecule has 0 atom stereocenters. The van der Waals surface area contributed by atoms with Gasteiger partial charge in [-0.15, -0.1) is 0 Å². The average molecular weight is 261 g/mol. The van der Waals surface area contributed by atoms with Crippen LogP contribution >= 0.6 is 0 Å². The number of hydrogen-bond acceptors (Lipinski definition) is 3. The van der Waals surface area contributed by atoms with Crippen molar-refractivity contribution in [2.45, 2.75) is 0 Å². The normalized spacial score (nSPS) is 10.0. The first-order valence-electron chi connectivity index (χ1n) is 5.54. The summed E-state index contributed by atoms with van der Waals surface area (Å²) in [7, 11) is 1.35.